The Hall–Kier alpha value is -5.24. The van der Waals surface area contributed by atoms with Gasteiger partial charge in [-0.2, -0.15) is 0 Å². The van der Waals surface area contributed by atoms with Crippen molar-refractivity contribution in [3.8, 4) is 11.1 Å². The van der Waals surface area contributed by atoms with E-state index in [1.807, 2.05) is 29.5 Å². The van der Waals surface area contributed by atoms with Crippen LogP contribution in [0.25, 0.3) is 27.5 Å². The van der Waals surface area contributed by atoms with Gasteiger partial charge in [0, 0.05) is 23.9 Å². The van der Waals surface area contributed by atoms with Crippen molar-refractivity contribution in [1.82, 2.24) is 19.9 Å². The molecule has 1 amide bonds. The number of hydrogen-bond donors (Lipinski definition) is 2. The number of aromatic carboxylic acids is 1. The number of carbonyl (C=O) groups excluding carboxylic acids is 1. The van der Waals surface area contributed by atoms with Crippen molar-refractivity contribution < 1.29 is 19.2 Å². The number of nitrogens with zero attached hydrogens (tertiary/aromatic N) is 3. The molecule has 0 fully saturated rings. The van der Waals surface area contributed by atoms with Crippen molar-refractivity contribution in [2.45, 2.75) is 19.4 Å². The Kier molecular flexibility index (Phi) is 6.13. The topological polar surface area (TPSA) is 110 Å². The number of hydrogen-bond acceptors (Lipinski definition) is 5. The summed E-state index contributed by atoms with van der Waals surface area (Å²) < 4.78 is 6.91. The van der Waals surface area contributed by atoms with Crippen LogP contribution in [0, 0.1) is 0 Å². The molecule has 6 rings (SSSR count). The fraction of sp³-hybridized carbons (Fsp3) is 0.0968. The Morgan fingerprint density at radius 1 is 0.949 bits per heavy atom. The number of imidazole rings is 1. The standard InChI is InChI=1S/C31H24N4O4/c1-19(21-8-10-23(11-9-21)31(37)38)34-30(36)28-14-25(26-16-33-39-18-26)15-29-32-17-27(35(28)29)13-20-6-7-22-4-2-3-5-24(22)12-20/h2-12,14-19H,13H2,1H3,(H,34,36)(H,37,38)/t19-/m0/s1. The van der Waals surface area contributed by atoms with Crippen molar-refractivity contribution in [1.29, 1.82) is 0 Å². The molecule has 0 bridgehead atoms. The number of amides is 1. The lowest BCUT2D eigenvalue weighted by Gasteiger charge is -2.17. The highest BCUT2D eigenvalue weighted by Crippen LogP contribution is 2.26. The Morgan fingerprint density at radius 3 is 2.49 bits per heavy atom. The first kappa shape index (κ1) is 24.1. The second-order valence-electron chi connectivity index (χ2n) is 9.47. The normalized spacial score (nSPS) is 12.0. The van der Waals surface area contributed by atoms with Crippen LogP contribution in [0.2, 0.25) is 0 Å². The van der Waals surface area contributed by atoms with E-state index < -0.39 is 5.97 Å². The maximum absolute atomic E-state index is 13.7. The summed E-state index contributed by atoms with van der Waals surface area (Å²) in [5.41, 5.74) is 5.52. The SMILES string of the molecule is C[C@H](NC(=O)c1cc(-c2cnoc2)cc2ncc(Cc3ccc4ccccc4c3)n12)c1ccc(C(=O)O)cc1. The summed E-state index contributed by atoms with van der Waals surface area (Å²) in [7, 11) is 0. The van der Waals surface area contributed by atoms with Gasteiger partial charge in [0.05, 0.1) is 17.8 Å². The molecule has 0 saturated carbocycles. The van der Waals surface area contributed by atoms with Crippen LogP contribution in [0.1, 0.15) is 50.6 Å². The molecule has 8 nitrogen and oxygen atoms in total. The lowest BCUT2D eigenvalue weighted by molar-refractivity contribution is 0.0696. The number of carboxylic acid groups (broad SMARTS) is 1. The van der Waals surface area contributed by atoms with Gasteiger partial charge in [-0.25, -0.2) is 9.78 Å². The maximum Gasteiger partial charge on any atom is 0.335 e. The van der Waals surface area contributed by atoms with Gasteiger partial charge in [0.15, 0.2) is 0 Å². The minimum absolute atomic E-state index is 0.192. The fourth-order valence-corrected chi connectivity index (χ4v) is 4.81. The largest absolute Gasteiger partial charge is 0.478 e. The molecule has 3 heterocycles. The molecule has 2 N–H and O–H groups in total. The molecule has 6 aromatic rings. The van der Waals surface area contributed by atoms with Crippen LogP contribution in [-0.2, 0) is 6.42 Å². The molecule has 0 aliphatic heterocycles. The van der Waals surface area contributed by atoms with Gasteiger partial charge in [-0.15, -0.1) is 0 Å². The monoisotopic (exact) mass is 516 g/mol. The highest BCUT2D eigenvalue weighted by atomic mass is 16.5. The van der Waals surface area contributed by atoms with Crippen molar-refractivity contribution >= 4 is 28.3 Å². The summed E-state index contributed by atoms with van der Waals surface area (Å²) in [6.07, 6.45) is 5.51. The number of pyridine rings is 1. The molecule has 0 aliphatic rings. The molecule has 0 aliphatic carbocycles. The second kappa shape index (κ2) is 9.90. The average Bonchev–Trinajstić information content (AvgIpc) is 3.63. The third-order valence-corrected chi connectivity index (χ3v) is 6.88. The zero-order valence-electron chi connectivity index (χ0n) is 21.0. The first-order valence-corrected chi connectivity index (χ1v) is 12.5. The first-order valence-electron chi connectivity index (χ1n) is 12.5. The first-order chi connectivity index (χ1) is 19.0. The minimum atomic E-state index is -0.995. The molecular formula is C31H24N4O4. The van der Waals surface area contributed by atoms with Gasteiger partial charge in [0.1, 0.15) is 17.6 Å². The number of nitrogens with one attached hydrogen (secondary N) is 1. The summed E-state index contributed by atoms with van der Waals surface area (Å²) in [6.45, 7) is 1.86. The number of aromatic nitrogens is 3. The maximum atomic E-state index is 13.7. The quantitative estimate of drug-likeness (QED) is 0.272. The predicted octanol–water partition coefficient (Wildman–Crippen LogP) is 5.92. The van der Waals surface area contributed by atoms with Crippen molar-refractivity contribution in [3.63, 3.8) is 0 Å². The minimum Gasteiger partial charge on any atom is -0.478 e. The number of rotatable bonds is 7. The van der Waals surface area contributed by atoms with Gasteiger partial charge in [0.2, 0.25) is 0 Å². The van der Waals surface area contributed by atoms with Crippen molar-refractivity contribution in [2.75, 3.05) is 0 Å². The molecule has 39 heavy (non-hydrogen) atoms. The summed E-state index contributed by atoms with van der Waals surface area (Å²) in [6, 6.07) is 24.4. The second-order valence-corrected chi connectivity index (χ2v) is 9.47. The molecule has 1 atom stereocenters. The van der Waals surface area contributed by atoms with Crippen molar-refractivity contribution in [3.05, 3.63) is 126 Å². The third-order valence-electron chi connectivity index (χ3n) is 6.88. The van der Waals surface area contributed by atoms with Crippen LogP contribution < -0.4 is 5.32 Å². The Bertz CT molecular complexity index is 1820. The zero-order valence-corrected chi connectivity index (χ0v) is 21.0. The molecule has 192 valence electrons. The number of carbonyl (C=O) groups is 2. The van der Waals surface area contributed by atoms with E-state index in [1.54, 1.807) is 30.6 Å². The van der Waals surface area contributed by atoms with Crippen LogP contribution in [0.15, 0.2) is 102 Å². The van der Waals surface area contributed by atoms with Crippen LogP contribution in [-0.4, -0.2) is 31.5 Å². The fourth-order valence-electron chi connectivity index (χ4n) is 4.81. The van der Waals surface area contributed by atoms with Gasteiger partial charge < -0.3 is 14.9 Å². The molecule has 0 spiro atoms. The molecule has 0 unspecified atom stereocenters. The predicted molar refractivity (Wildman–Crippen MR) is 147 cm³/mol. The van der Waals surface area contributed by atoms with Gasteiger partial charge >= 0.3 is 5.97 Å². The van der Waals surface area contributed by atoms with Crippen LogP contribution in [0.5, 0.6) is 0 Å². The lowest BCUT2D eigenvalue weighted by Crippen LogP contribution is -2.28. The molecule has 3 aromatic carbocycles. The number of benzene rings is 3. The van der Waals surface area contributed by atoms with Crippen LogP contribution in [0.4, 0.5) is 0 Å². The summed E-state index contributed by atoms with van der Waals surface area (Å²) in [5.74, 6) is -1.28. The summed E-state index contributed by atoms with van der Waals surface area (Å²) >= 11 is 0. The van der Waals surface area contributed by atoms with Crippen LogP contribution >= 0.6 is 0 Å². The Morgan fingerprint density at radius 2 is 1.74 bits per heavy atom. The van der Waals surface area contributed by atoms with E-state index in [0.717, 1.165) is 33.3 Å². The summed E-state index contributed by atoms with van der Waals surface area (Å²) in [5, 5.41) is 18.4. The smallest absolute Gasteiger partial charge is 0.335 e. The average molecular weight is 517 g/mol. The molecule has 3 aromatic heterocycles. The van der Waals surface area contributed by atoms with Gasteiger partial charge in [-0.3, -0.25) is 9.20 Å². The molecule has 8 heteroatoms. The van der Waals surface area contributed by atoms with E-state index in [4.69, 9.17) is 4.52 Å². The zero-order chi connectivity index (χ0) is 26.9. The molecule has 0 saturated heterocycles. The van der Waals surface area contributed by atoms with E-state index in [9.17, 15) is 14.7 Å². The van der Waals surface area contributed by atoms with Crippen LogP contribution in [0.3, 0.4) is 0 Å². The number of fused-ring (bicyclic) bond motifs is 2. The highest BCUT2D eigenvalue weighted by molar-refractivity contribution is 5.95. The highest BCUT2D eigenvalue weighted by Gasteiger charge is 2.20. The lowest BCUT2D eigenvalue weighted by atomic mass is 10.0. The van der Waals surface area contributed by atoms with Gasteiger partial charge in [-0.05, 0) is 58.7 Å². The molecule has 0 radical (unpaired) electrons. The van der Waals surface area contributed by atoms with E-state index in [1.165, 1.54) is 23.8 Å². The Labute approximate surface area is 223 Å². The van der Waals surface area contributed by atoms with Crippen molar-refractivity contribution in [2.24, 2.45) is 0 Å². The van der Waals surface area contributed by atoms with E-state index in [-0.39, 0.29) is 17.5 Å². The van der Waals surface area contributed by atoms with E-state index in [0.29, 0.717) is 17.8 Å². The third kappa shape index (κ3) is 4.75. The van der Waals surface area contributed by atoms with E-state index in [2.05, 4.69) is 45.8 Å². The van der Waals surface area contributed by atoms with E-state index >= 15 is 0 Å². The van der Waals surface area contributed by atoms with Gasteiger partial charge in [0.25, 0.3) is 5.91 Å². The Balaban J connectivity index is 1.38. The number of carboxylic acids is 1. The van der Waals surface area contributed by atoms with Gasteiger partial charge in [-0.1, -0.05) is 59.8 Å². The molecular weight excluding hydrogens is 492 g/mol. The summed E-state index contributed by atoms with van der Waals surface area (Å²) in [4.78, 5) is 29.6.